The van der Waals surface area contributed by atoms with E-state index < -0.39 is 23.4 Å². The minimum Gasteiger partial charge on any atom is -0.373 e. The van der Waals surface area contributed by atoms with Gasteiger partial charge in [-0.1, -0.05) is 30.3 Å². The van der Waals surface area contributed by atoms with E-state index in [1.807, 2.05) is 24.8 Å². The summed E-state index contributed by atoms with van der Waals surface area (Å²) in [5, 5.41) is 3.43. The van der Waals surface area contributed by atoms with Crippen molar-refractivity contribution in [3.63, 3.8) is 0 Å². The van der Waals surface area contributed by atoms with Crippen molar-refractivity contribution in [1.29, 1.82) is 0 Å². The fraction of sp³-hybridized carbons (Fsp3) is 0.500. The van der Waals surface area contributed by atoms with Crippen LogP contribution in [0.2, 0.25) is 0 Å². The van der Waals surface area contributed by atoms with Gasteiger partial charge in [0.25, 0.3) is 11.8 Å². The molecule has 0 aromatic heterocycles. The highest BCUT2D eigenvalue weighted by Crippen LogP contribution is 2.27. The first-order chi connectivity index (χ1) is 12.3. The smallest absolute Gasteiger partial charge is 0.344 e. The topological polar surface area (TPSA) is 91.0 Å². The molecule has 3 atom stereocenters. The van der Waals surface area contributed by atoms with Gasteiger partial charge in [0.2, 0.25) is 0 Å². The van der Waals surface area contributed by atoms with Crippen molar-refractivity contribution >= 4 is 17.8 Å². The van der Waals surface area contributed by atoms with E-state index in [4.69, 9.17) is 4.74 Å². The highest BCUT2D eigenvalue weighted by molar-refractivity contribution is 6.08. The molecule has 2 heterocycles. The van der Waals surface area contributed by atoms with Gasteiger partial charge in [0.05, 0.1) is 18.8 Å². The van der Waals surface area contributed by atoms with Gasteiger partial charge in [-0.05, 0) is 26.3 Å². The Balaban J connectivity index is 1.65. The van der Waals surface area contributed by atoms with Crippen LogP contribution in [-0.2, 0) is 19.9 Å². The molecule has 1 aromatic rings. The monoisotopic (exact) mass is 360 g/mol. The third-order valence-electron chi connectivity index (χ3n) is 4.64. The molecule has 26 heavy (non-hydrogen) atoms. The lowest BCUT2D eigenvalue weighted by Gasteiger charge is -2.34. The highest BCUT2D eigenvalue weighted by Gasteiger charge is 2.50. The van der Waals surface area contributed by atoms with E-state index in [1.54, 1.807) is 31.2 Å². The number of carbonyl (C=O) groups excluding carboxylic acids is 3. The van der Waals surface area contributed by atoms with Crippen LogP contribution in [0.15, 0.2) is 30.3 Å². The first-order valence-electron chi connectivity index (χ1n) is 8.69. The van der Waals surface area contributed by atoms with Crippen molar-refractivity contribution in [2.45, 2.75) is 38.5 Å². The van der Waals surface area contributed by atoms with Crippen molar-refractivity contribution < 1.29 is 19.1 Å². The van der Waals surface area contributed by atoms with Crippen molar-refractivity contribution in [1.82, 2.24) is 20.7 Å². The van der Waals surface area contributed by atoms with Crippen LogP contribution in [0.4, 0.5) is 4.79 Å². The van der Waals surface area contributed by atoms with Gasteiger partial charge in [0.1, 0.15) is 5.54 Å². The number of urea groups is 1. The normalized spacial score (nSPS) is 29.6. The molecule has 8 nitrogen and oxygen atoms in total. The Bertz CT molecular complexity index is 700. The van der Waals surface area contributed by atoms with Gasteiger partial charge in [-0.2, -0.15) is 5.01 Å². The van der Waals surface area contributed by atoms with Gasteiger partial charge >= 0.3 is 6.03 Å². The van der Waals surface area contributed by atoms with Crippen LogP contribution in [0.3, 0.4) is 0 Å². The van der Waals surface area contributed by atoms with E-state index in [0.29, 0.717) is 18.7 Å². The molecular formula is C18H24N4O4. The Morgan fingerprint density at radius 2 is 1.85 bits per heavy atom. The second kappa shape index (κ2) is 7.05. The number of benzene rings is 1. The summed E-state index contributed by atoms with van der Waals surface area (Å²) in [7, 11) is 0. The number of morpholine rings is 1. The van der Waals surface area contributed by atoms with Crippen molar-refractivity contribution in [3.05, 3.63) is 35.9 Å². The number of imide groups is 1. The lowest BCUT2D eigenvalue weighted by atomic mass is 9.92. The van der Waals surface area contributed by atoms with Crippen molar-refractivity contribution in [2.75, 3.05) is 19.6 Å². The minimum absolute atomic E-state index is 0.0321. The third-order valence-corrected chi connectivity index (χ3v) is 4.64. The quantitative estimate of drug-likeness (QED) is 0.767. The summed E-state index contributed by atoms with van der Waals surface area (Å²) in [6.45, 7) is 6.86. The Labute approximate surface area is 152 Å². The summed E-state index contributed by atoms with van der Waals surface area (Å²) in [5.41, 5.74) is 1.89. The highest BCUT2D eigenvalue weighted by atomic mass is 16.5. The fourth-order valence-corrected chi connectivity index (χ4v) is 3.48. The lowest BCUT2D eigenvalue weighted by molar-refractivity contribution is -0.140. The number of ether oxygens (including phenoxy) is 1. The van der Waals surface area contributed by atoms with E-state index in [9.17, 15) is 14.4 Å². The van der Waals surface area contributed by atoms with Crippen molar-refractivity contribution in [2.24, 2.45) is 0 Å². The molecule has 0 bridgehead atoms. The summed E-state index contributed by atoms with van der Waals surface area (Å²) >= 11 is 0. The second-order valence-corrected chi connectivity index (χ2v) is 7.05. The largest absolute Gasteiger partial charge is 0.373 e. The molecule has 0 unspecified atom stereocenters. The predicted octanol–water partition coefficient (Wildman–Crippen LogP) is 0.594. The molecule has 2 aliphatic rings. The zero-order valence-corrected chi connectivity index (χ0v) is 15.2. The molecule has 0 radical (unpaired) electrons. The van der Waals surface area contributed by atoms with Crippen LogP contribution < -0.4 is 10.7 Å². The summed E-state index contributed by atoms with van der Waals surface area (Å²) in [6.07, 6.45) is 0.0641. The van der Waals surface area contributed by atoms with Gasteiger partial charge < -0.3 is 10.1 Å². The Kier molecular flexibility index (Phi) is 4.97. The zero-order chi connectivity index (χ0) is 18.9. The second-order valence-electron chi connectivity index (χ2n) is 7.05. The Morgan fingerprint density at radius 3 is 2.46 bits per heavy atom. The number of hydrazine groups is 1. The molecule has 0 aliphatic carbocycles. The number of amides is 4. The molecule has 140 valence electrons. The maximum absolute atomic E-state index is 12.8. The minimum atomic E-state index is -1.20. The summed E-state index contributed by atoms with van der Waals surface area (Å²) in [6, 6.07) is 8.31. The fourth-order valence-electron chi connectivity index (χ4n) is 3.48. The number of nitrogens with one attached hydrogen (secondary N) is 2. The standard InChI is InChI=1S/C18H24N4O4/c1-12-9-21(10-13(2)26-12)11-15(23)20-22-16(24)18(3,19-17(22)25)14-7-5-4-6-8-14/h4-8,12-13H,9-11H2,1-3H3,(H,19,25)(H,20,23)/t12-,13-,18-/m1/s1. The van der Waals surface area contributed by atoms with Crippen LogP contribution in [0.25, 0.3) is 0 Å². The maximum atomic E-state index is 12.8. The molecule has 1 aromatic carbocycles. The number of nitrogens with zero attached hydrogens (tertiary/aromatic N) is 2. The van der Waals surface area contributed by atoms with Gasteiger partial charge in [0.15, 0.2) is 0 Å². The van der Waals surface area contributed by atoms with Crippen LogP contribution in [0.1, 0.15) is 26.3 Å². The van der Waals surface area contributed by atoms with Crippen LogP contribution in [0, 0.1) is 0 Å². The molecule has 0 spiro atoms. The molecule has 2 saturated heterocycles. The number of hydrogen-bond donors (Lipinski definition) is 2. The van der Waals surface area contributed by atoms with E-state index in [2.05, 4.69) is 10.7 Å². The van der Waals surface area contributed by atoms with Gasteiger partial charge in [0, 0.05) is 13.1 Å². The molecular weight excluding hydrogens is 336 g/mol. The number of hydrogen-bond acceptors (Lipinski definition) is 5. The van der Waals surface area contributed by atoms with E-state index in [1.165, 1.54) is 0 Å². The SMILES string of the molecule is C[C@@H]1CN(CC(=O)NN2C(=O)N[C@](C)(c3ccccc3)C2=O)C[C@@H](C)O1. The average molecular weight is 360 g/mol. The number of carbonyl (C=O) groups is 3. The molecule has 3 rings (SSSR count). The average Bonchev–Trinajstić information content (AvgIpc) is 2.79. The van der Waals surface area contributed by atoms with E-state index in [-0.39, 0.29) is 18.8 Å². The molecule has 8 heteroatoms. The zero-order valence-electron chi connectivity index (χ0n) is 15.2. The van der Waals surface area contributed by atoms with Crippen LogP contribution in [-0.4, -0.2) is 59.6 Å². The van der Waals surface area contributed by atoms with Crippen LogP contribution in [0.5, 0.6) is 0 Å². The van der Waals surface area contributed by atoms with E-state index in [0.717, 1.165) is 5.01 Å². The summed E-state index contributed by atoms with van der Waals surface area (Å²) < 4.78 is 5.64. The van der Waals surface area contributed by atoms with E-state index >= 15 is 0 Å². The summed E-state index contributed by atoms with van der Waals surface area (Å²) in [5.74, 6) is -0.919. The Hall–Kier alpha value is -2.45. The van der Waals surface area contributed by atoms with Crippen LogP contribution >= 0.6 is 0 Å². The molecule has 0 saturated carbocycles. The Morgan fingerprint density at radius 1 is 1.23 bits per heavy atom. The first kappa shape index (κ1) is 18.3. The lowest BCUT2D eigenvalue weighted by Crippen LogP contribution is -2.53. The summed E-state index contributed by atoms with van der Waals surface area (Å²) in [4.78, 5) is 39.3. The first-order valence-corrected chi connectivity index (χ1v) is 8.69. The maximum Gasteiger partial charge on any atom is 0.344 e. The molecule has 2 aliphatic heterocycles. The molecule has 2 fully saturated rings. The van der Waals surface area contributed by atoms with Gasteiger partial charge in [-0.25, -0.2) is 4.79 Å². The van der Waals surface area contributed by atoms with Gasteiger partial charge in [-0.3, -0.25) is 19.9 Å². The van der Waals surface area contributed by atoms with Crippen molar-refractivity contribution in [3.8, 4) is 0 Å². The number of rotatable bonds is 4. The predicted molar refractivity (Wildman–Crippen MR) is 93.8 cm³/mol. The third kappa shape index (κ3) is 3.56. The molecule has 2 N–H and O–H groups in total. The van der Waals surface area contributed by atoms with Gasteiger partial charge in [-0.15, -0.1) is 0 Å². The molecule has 4 amide bonds.